The van der Waals surface area contributed by atoms with Gasteiger partial charge in [0.1, 0.15) is 0 Å². The first kappa shape index (κ1) is 13.8. The van der Waals surface area contributed by atoms with Crippen molar-refractivity contribution in [3.63, 3.8) is 0 Å². The zero-order valence-electron chi connectivity index (χ0n) is 12.3. The molecule has 0 amide bonds. The van der Waals surface area contributed by atoms with E-state index in [0.29, 0.717) is 5.56 Å². The van der Waals surface area contributed by atoms with Crippen molar-refractivity contribution in [3.05, 3.63) is 35.5 Å². The Morgan fingerprint density at radius 1 is 1.33 bits per heavy atom. The first-order valence-electron chi connectivity index (χ1n) is 7.01. The van der Waals surface area contributed by atoms with Gasteiger partial charge in [-0.15, -0.1) is 0 Å². The summed E-state index contributed by atoms with van der Waals surface area (Å²) in [5.41, 5.74) is 3.55. The van der Waals surface area contributed by atoms with Crippen molar-refractivity contribution in [1.29, 1.82) is 0 Å². The minimum absolute atomic E-state index is 0.332. The third-order valence-electron chi connectivity index (χ3n) is 3.80. The highest BCUT2D eigenvalue weighted by Crippen LogP contribution is 2.28. The lowest BCUT2D eigenvalue weighted by atomic mass is 10.0. The number of rotatable bonds is 2. The van der Waals surface area contributed by atoms with Crippen molar-refractivity contribution in [3.8, 4) is 0 Å². The van der Waals surface area contributed by atoms with Crippen LogP contribution in [0.15, 0.2) is 24.4 Å². The van der Waals surface area contributed by atoms with E-state index < -0.39 is 0 Å². The number of anilines is 1. The zero-order valence-corrected chi connectivity index (χ0v) is 12.3. The van der Waals surface area contributed by atoms with Crippen LogP contribution in [0.5, 0.6) is 0 Å². The van der Waals surface area contributed by atoms with Gasteiger partial charge in [-0.1, -0.05) is 0 Å². The quantitative estimate of drug-likeness (QED) is 0.792. The number of carbonyl (C=O) groups is 1. The van der Waals surface area contributed by atoms with Crippen LogP contribution in [0.2, 0.25) is 0 Å². The summed E-state index contributed by atoms with van der Waals surface area (Å²) in [6.07, 6.45) is 1.65. The van der Waals surface area contributed by atoms with E-state index >= 15 is 0 Å². The van der Waals surface area contributed by atoms with Crippen LogP contribution in [0.4, 0.5) is 5.69 Å². The molecular weight excluding hydrogens is 268 g/mol. The van der Waals surface area contributed by atoms with Crippen molar-refractivity contribution in [1.82, 2.24) is 4.98 Å². The van der Waals surface area contributed by atoms with Crippen LogP contribution in [-0.2, 0) is 9.47 Å². The normalized spacial score (nSPS) is 15.2. The third kappa shape index (κ3) is 2.56. The highest BCUT2D eigenvalue weighted by Gasteiger charge is 2.16. The largest absolute Gasteiger partial charge is 0.465 e. The van der Waals surface area contributed by atoms with Gasteiger partial charge < -0.3 is 14.4 Å². The maximum atomic E-state index is 11.9. The molecular formula is C16H18N2O3. The fourth-order valence-corrected chi connectivity index (χ4v) is 2.71. The molecule has 0 radical (unpaired) electrons. The molecule has 0 aliphatic carbocycles. The molecule has 1 aliphatic rings. The first-order valence-corrected chi connectivity index (χ1v) is 7.01. The highest BCUT2D eigenvalue weighted by molar-refractivity contribution is 6.05. The highest BCUT2D eigenvalue weighted by atomic mass is 16.5. The number of aryl methyl sites for hydroxylation is 1. The van der Waals surface area contributed by atoms with E-state index in [1.165, 1.54) is 7.11 Å². The van der Waals surface area contributed by atoms with Gasteiger partial charge in [0.05, 0.1) is 31.4 Å². The van der Waals surface area contributed by atoms with E-state index in [0.717, 1.165) is 48.5 Å². The lowest BCUT2D eigenvalue weighted by Crippen LogP contribution is -2.36. The van der Waals surface area contributed by atoms with E-state index in [1.54, 1.807) is 12.3 Å². The molecule has 0 saturated carbocycles. The SMILES string of the molecule is COC(=O)c1ccnc2c(C)cc(N3CCOCC3)cc12. The molecule has 110 valence electrons. The number of benzene rings is 1. The summed E-state index contributed by atoms with van der Waals surface area (Å²) in [7, 11) is 1.40. The van der Waals surface area contributed by atoms with Crippen LogP contribution in [0, 0.1) is 6.92 Å². The Hall–Kier alpha value is -2.14. The molecule has 21 heavy (non-hydrogen) atoms. The maximum Gasteiger partial charge on any atom is 0.338 e. The summed E-state index contributed by atoms with van der Waals surface area (Å²) in [5, 5.41) is 0.839. The summed E-state index contributed by atoms with van der Waals surface area (Å²) in [6, 6.07) is 5.84. The van der Waals surface area contributed by atoms with E-state index in [2.05, 4.69) is 16.0 Å². The van der Waals surface area contributed by atoms with Crippen LogP contribution in [0.1, 0.15) is 15.9 Å². The Morgan fingerprint density at radius 3 is 2.81 bits per heavy atom. The molecule has 0 unspecified atom stereocenters. The molecule has 0 N–H and O–H groups in total. The number of fused-ring (bicyclic) bond motifs is 1. The monoisotopic (exact) mass is 286 g/mol. The molecule has 5 heteroatoms. The Bertz CT molecular complexity index is 679. The van der Waals surface area contributed by atoms with Gasteiger partial charge in [0.2, 0.25) is 0 Å². The van der Waals surface area contributed by atoms with Crippen LogP contribution < -0.4 is 4.90 Å². The van der Waals surface area contributed by atoms with Gasteiger partial charge in [0, 0.05) is 30.4 Å². The predicted molar refractivity (Wildman–Crippen MR) is 80.9 cm³/mol. The van der Waals surface area contributed by atoms with E-state index in [4.69, 9.17) is 9.47 Å². The molecule has 1 fully saturated rings. The van der Waals surface area contributed by atoms with Gasteiger partial charge in [-0.25, -0.2) is 4.79 Å². The fourth-order valence-electron chi connectivity index (χ4n) is 2.71. The second-order valence-electron chi connectivity index (χ2n) is 5.11. The Morgan fingerprint density at radius 2 is 2.10 bits per heavy atom. The van der Waals surface area contributed by atoms with Crippen molar-refractivity contribution >= 4 is 22.6 Å². The van der Waals surface area contributed by atoms with Crippen LogP contribution in [-0.4, -0.2) is 44.4 Å². The molecule has 0 bridgehead atoms. The molecule has 1 aliphatic heterocycles. The lowest BCUT2D eigenvalue weighted by molar-refractivity contribution is 0.0603. The Labute approximate surface area is 123 Å². The number of hydrogen-bond acceptors (Lipinski definition) is 5. The van der Waals surface area contributed by atoms with Gasteiger partial charge in [0.15, 0.2) is 0 Å². The van der Waals surface area contributed by atoms with Gasteiger partial charge in [-0.2, -0.15) is 0 Å². The second-order valence-corrected chi connectivity index (χ2v) is 5.11. The standard InChI is InChI=1S/C16H18N2O3/c1-11-9-12(18-5-7-21-8-6-18)10-14-13(16(19)20-2)3-4-17-15(11)14/h3-4,9-10H,5-8H2,1-2H3. The number of morpholine rings is 1. The summed E-state index contributed by atoms with van der Waals surface area (Å²) >= 11 is 0. The number of aromatic nitrogens is 1. The number of ether oxygens (including phenoxy) is 2. The number of nitrogens with zero attached hydrogens (tertiary/aromatic N) is 2. The molecule has 2 heterocycles. The average Bonchev–Trinajstić information content (AvgIpc) is 2.54. The average molecular weight is 286 g/mol. The summed E-state index contributed by atoms with van der Waals surface area (Å²) < 4.78 is 10.3. The topological polar surface area (TPSA) is 51.7 Å². The fraction of sp³-hybridized carbons (Fsp3) is 0.375. The van der Waals surface area contributed by atoms with Crippen molar-refractivity contribution in [2.24, 2.45) is 0 Å². The molecule has 1 aromatic heterocycles. The molecule has 0 atom stereocenters. The number of carbonyl (C=O) groups excluding carboxylic acids is 1. The van der Waals surface area contributed by atoms with Crippen LogP contribution >= 0.6 is 0 Å². The molecule has 0 spiro atoms. The number of esters is 1. The maximum absolute atomic E-state index is 11.9. The van der Waals surface area contributed by atoms with Crippen molar-refractivity contribution in [2.75, 3.05) is 38.3 Å². The smallest absolute Gasteiger partial charge is 0.338 e. The van der Waals surface area contributed by atoms with Gasteiger partial charge in [-0.05, 0) is 30.7 Å². The van der Waals surface area contributed by atoms with Gasteiger partial charge in [-0.3, -0.25) is 4.98 Å². The molecule has 1 aromatic carbocycles. The van der Waals surface area contributed by atoms with Crippen molar-refractivity contribution in [2.45, 2.75) is 6.92 Å². The number of hydrogen-bond donors (Lipinski definition) is 0. The van der Waals surface area contributed by atoms with E-state index in [1.807, 2.05) is 13.0 Å². The lowest BCUT2D eigenvalue weighted by Gasteiger charge is -2.29. The molecule has 5 nitrogen and oxygen atoms in total. The Balaban J connectivity index is 2.14. The third-order valence-corrected chi connectivity index (χ3v) is 3.80. The molecule has 2 aromatic rings. The van der Waals surface area contributed by atoms with E-state index in [-0.39, 0.29) is 5.97 Å². The summed E-state index contributed by atoms with van der Waals surface area (Å²) in [4.78, 5) is 18.6. The van der Waals surface area contributed by atoms with E-state index in [9.17, 15) is 4.79 Å². The minimum Gasteiger partial charge on any atom is -0.465 e. The minimum atomic E-state index is -0.332. The van der Waals surface area contributed by atoms with Crippen molar-refractivity contribution < 1.29 is 14.3 Å². The zero-order chi connectivity index (χ0) is 14.8. The predicted octanol–water partition coefficient (Wildman–Crippen LogP) is 2.17. The second kappa shape index (κ2) is 5.69. The Kier molecular flexibility index (Phi) is 3.75. The molecule has 3 rings (SSSR count). The van der Waals surface area contributed by atoms with Gasteiger partial charge in [0.25, 0.3) is 0 Å². The van der Waals surface area contributed by atoms with Crippen LogP contribution in [0.25, 0.3) is 10.9 Å². The molecule has 1 saturated heterocycles. The number of methoxy groups -OCH3 is 1. The number of pyridine rings is 1. The first-order chi connectivity index (χ1) is 10.2. The van der Waals surface area contributed by atoms with Crippen LogP contribution in [0.3, 0.4) is 0 Å². The summed E-state index contributed by atoms with van der Waals surface area (Å²) in [5.74, 6) is -0.332. The van der Waals surface area contributed by atoms with Gasteiger partial charge >= 0.3 is 5.97 Å². The summed E-state index contributed by atoms with van der Waals surface area (Å²) in [6.45, 7) is 5.19.